The highest BCUT2D eigenvalue weighted by Crippen LogP contribution is 2.19. The van der Waals surface area contributed by atoms with E-state index in [0.717, 1.165) is 16.9 Å². The van der Waals surface area contributed by atoms with Crippen LogP contribution in [0.4, 0.5) is 5.13 Å². The molecule has 0 fully saturated rings. The van der Waals surface area contributed by atoms with Gasteiger partial charge < -0.3 is 5.32 Å². The third-order valence-electron chi connectivity index (χ3n) is 2.01. The third kappa shape index (κ3) is 3.39. The van der Waals surface area contributed by atoms with E-state index < -0.39 is 10.0 Å². The van der Waals surface area contributed by atoms with Crippen molar-refractivity contribution in [3.05, 3.63) is 34.9 Å². The summed E-state index contributed by atoms with van der Waals surface area (Å²) in [6, 6.07) is 7.26. The maximum Gasteiger partial charge on any atom is 0.267 e. The standard InChI is InChI=1S/C9H9ClN4O2S2/c10-7-3-1-6(2-4-7)5-12-8-13-14-9(17-8)18(11,15)16/h1-4H,5H2,(H,12,13)(H2,11,15,16). The van der Waals surface area contributed by atoms with Gasteiger partial charge in [-0.25, -0.2) is 13.6 Å². The molecule has 0 radical (unpaired) electrons. The molecule has 0 saturated heterocycles. The van der Waals surface area contributed by atoms with Gasteiger partial charge in [-0.05, 0) is 17.7 Å². The summed E-state index contributed by atoms with van der Waals surface area (Å²) in [7, 11) is -3.78. The fourth-order valence-electron chi connectivity index (χ4n) is 1.18. The highest BCUT2D eigenvalue weighted by molar-refractivity contribution is 7.91. The number of benzene rings is 1. The Kier molecular flexibility index (Phi) is 3.81. The van der Waals surface area contributed by atoms with E-state index in [1.54, 1.807) is 12.1 Å². The van der Waals surface area contributed by atoms with Gasteiger partial charge in [0.15, 0.2) is 0 Å². The molecule has 3 N–H and O–H groups in total. The van der Waals surface area contributed by atoms with Crippen molar-refractivity contribution in [2.24, 2.45) is 5.14 Å². The Bertz CT molecular complexity index is 639. The number of halogens is 1. The molecule has 1 heterocycles. The van der Waals surface area contributed by atoms with Crippen LogP contribution >= 0.6 is 22.9 Å². The Balaban J connectivity index is 2.03. The fourth-order valence-corrected chi connectivity index (χ4v) is 2.63. The Morgan fingerprint density at radius 2 is 1.94 bits per heavy atom. The number of nitrogens with zero attached hydrogens (tertiary/aromatic N) is 2. The van der Waals surface area contributed by atoms with Gasteiger partial charge in [-0.3, -0.25) is 0 Å². The van der Waals surface area contributed by atoms with Gasteiger partial charge in [0.05, 0.1) is 0 Å². The monoisotopic (exact) mass is 304 g/mol. The van der Waals surface area contributed by atoms with E-state index in [9.17, 15) is 8.42 Å². The highest BCUT2D eigenvalue weighted by Gasteiger charge is 2.14. The maximum absolute atomic E-state index is 11.0. The molecule has 1 aromatic heterocycles. The Morgan fingerprint density at radius 1 is 1.28 bits per heavy atom. The predicted octanol–water partition coefficient (Wildman–Crippen LogP) is 1.45. The fraction of sp³-hybridized carbons (Fsp3) is 0.111. The average Bonchev–Trinajstić information content (AvgIpc) is 2.77. The van der Waals surface area contributed by atoms with Crippen LogP contribution in [0.1, 0.15) is 5.56 Å². The maximum atomic E-state index is 11.0. The molecule has 0 aliphatic heterocycles. The van der Waals surface area contributed by atoms with Crippen molar-refractivity contribution >= 4 is 38.1 Å². The predicted molar refractivity (Wildman–Crippen MR) is 70.1 cm³/mol. The van der Waals surface area contributed by atoms with E-state index in [1.807, 2.05) is 12.1 Å². The lowest BCUT2D eigenvalue weighted by Gasteiger charge is -2.01. The number of hydrogen-bond acceptors (Lipinski definition) is 6. The van der Waals surface area contributed by atoms with Crippen LogP contribution in [0, 0.1) is 0 Å². The lowest BCUT2D eigenvalue weighted by molar-refractivity contribution is 0.596. The van der Waals surface area contributed by atoms with E-state index in [4.69, 9.17) is 16.7 Å². The molecule has 18 heavy (non-hydrogen) atoms. The minimum atomic E-state index is -3.78. The van der Waals surface area contributed by atoms with E-state index in [1.165, 1.54) is 0 Å². The van der Waals surface area contributed by atoms with E-state index in [0.29, 0.717) is 16.7 Å². The number of primary sulfonamides is 1. The minimum Gasteiger partial charge on any atom is -0.356 e. The molecule has 96 valence electrons. The molecular weight excluding hydrogens is 296 g/mol. The molecule has 0 aliphatic carbocycles. The second-order valence-corrected chi connectivity index (χ2v) is 6.55. The average molecular weight is 305 g/mol. The van der Waals surface area contributed by atoms with E-state index >= 15 is 0 Å². The first-order valence-electron chi connectivity index (χ1n) is 4.80. The summed E-state index contributed by atoms with van der Waals surface area (Å²) in [5.41, 5.74) is 0.992. The van der Waals surface area contributed by atoms with Crippen LogP contribution in [0.15, 0.2) is 28.6 Å². The first-order valence-corrected chi connectivity index (χ1v) is 7.54. The molecule has 0 aliphatic rings. The molecule has 0 amide bonds. The van der Waals surface area contributed by atoms with Gasteiger partial charge in [0.1, 0.15) is 0 Å². The number of aromatic nitrogens is 2. The van der Waals surface area contributed by atoms with Gasteiger partial charge in [0, 0.05) is 11.6 Å². The van der Waals surface area contributed by atoms with Gasteiger partial charge in [-0.2, -0.15) is 0 Å². The number of anilines is 1. The number of nitrogens with two attached hydrogens (primary N) is 1. The number of sulfonamides is 1. The van der Waals surface area contributed by atoms with E-state index in [-0.39, 0.29) is 4.34 Å². The van der Waals surface area contributed by atoms with Crippen molar-refractivity contribution in [3.8, 4) is 0 Å². The van der Waals surface area contributed by atoms with Crippen LogP contribution in [-0.2, 0) is 16.6 Å². The van der Waals surface area contributed by atoms with E-state index in [2.05, 4.69) is 15.5 Å². The Hall–Kier alpha value is -1.22. The molecule has 0 bridgehead atoms. The van der Waals surface area contributed by atoms with Crippen LogP contribution in [0.5, 0.6) is 0 Å². The largest absolute Gasteiger partial charge is 0.356 e. The summed E-state index contributed by atoms with van der Waals surface area (Å²) >= 11 is 6.65. The molecule has 2 aromatic rings. The first-order chi connectivity index (χ1) is 8.45. The lowest BCUT2D eigenvalue weighted by Crippen LogP contribution is -2.11. The Morgan fingerprint density at radius 3 is 2.50 bits per heavy atom. The summed E-state index contributed by atoms with van der Waals surface area (Å²) in [5.74, 6) is 0. The molecule has 2 rings (SSSR count). The summed E-state index contributed by atoms with van der Waals surface area (Å²) in [5, 5.41) is 16.1. The summed E-state index contributed by atoms with van der Waals surface area (Å²) < 4.78 is 21.8. The number of rotatable bonds is 4. The minimum absolute atomic E-state index is 0.207. The summed E-state index contributed by atoms with van der Waals surface area (Å²) in [6.07, 6.45) is 0. The third-order valence-corrected chi connectivity index (χ3v) is 4.45. The molecular formula is C9H9ClN4O2S2. The zero-order chi connectivity index (χ0) is 13.2. The van der Waals surface area contributed by atoms with Crippen LogP contribution in [0.2, 0.25) is 5.02 Å². The molecule has 0 unspecified atom stereocenters. The molecule has 6 nitrogen and oxygen atoms in total. The van der Waals surface area contributed by atoms with Crippen LogP contribution in [-0.4, -0.2) is 18.6 Å². The van der Waals surface area contributed by atoms with Gasteiger partial charge in [0.2, 0.25) is 9.47 Å². The number of nitrogens with one attached hydrogen (secondary N) is 1. The first kappa shape index (κ1) is 13.2. The quantitative estimate of drug-likeness (QED) is 0.891. The SMILES string of the molecule is NS(=O)(=O)c1nnc(NCc2ccc(Cl)cc2)s1. The molecule has 0 atom stereocenters. The van der Waals surface area contributed by atoms with Gasteiger partial charge in [-0.15, -0.1) is 10.2 Å². The molecule has 0 saturated carbocycles. The van der Waals surface area contributed by atoms with Crippen molar-refractivity contribution in [3.63, 3.8) is 0 Å². The van der Waals surface area contributed by atoms with Crippen LogP contribution in [0.25, 0.3) is 0 Å². The van der Waals surface area contributed by atoms with Crippen LogP contribution < -0.4 is 10.5 Å². The second kappa shape index (κ2) is 5.19. The lowest BCUT2D eigenvalue weighted by atomic mass is 10.2. The smallest absolute Gasteiger partial charge is 0.267 e. The highest BCUT2D eigenvalue weighted by atomic mass is 35.5. The van der Waals surface area contributed by atoms with Gasteiger partial charge in [0.25, 0.3) is 10.0 Å². The van der Waals surface area contributed by atoms with Crippen molar-refractivity contribution in [2.45, 2.75) is 10.9 Å². The molecule has 1 aromatic carbocycles. The topological polar surface area (TPSA) is 98.0 Å². The summed E-state index contributed by atoms with van der Waals surface area (Å²) in [6.45, 7) is 0.496. The van der Waals surface area contributed by atoms with Gasteiger partial charge >= 0.3 is 0 Å². The normalized spacial score (nSPS) is 11.4. The van der Waals surface area contributed by atoms with Gasteiger partial charge in [-0.1, -0.05) is 35.1 Å². The zero-order valence-corrected chi connectivity index (χ0v) is 11.4. The Labute approximate surface area is 113 Å². The number of hydrogen-bond donors (Lipinski definition) is 2. The molecule has 0 spiro atoms. The van der Waals surface area contributed by atoms with Crippen molar-refractivity contribution in [1.29, 1.82) is 0 Å². The molecule has 9 heteroatoms. The van der Waals surface area contributed by atoms with Crippen molar-refractivity contribution < 1.29 is 8.42 Å². The second-order valence-electron chi connectivity index (χ2n) is 3.40. The van der Waals surface area contributed by atoms with Crippen molar-refractivity contribution in [2.75, 3.05) is 5.32 Å². The summed E-state index contributed by atoms with van der Waals surface area (Å²) in [4.78, 5) is 0. The van der Waals surface area contributed by atoms with Crippen LogP contribution in [0.3, 0.4) is 0 Å². The zero-order valence-electron chi connectivity index (χ0n) is 9.00. The van der Waals surface area contributed by atoms with Crippen molar-refractivity contribution in [1.82, 2.24) is 10.2 Å².